The Kier molecular flexibility index (Phi) is 2.81. The van der Waals surface area contributed by atoms with Crippen LogP contribution in [0, 0.1) is 0 Å². The van der Waals surface area contributed by atoms with E-state index in [9.17, 15) is 13.2 Å². The van der Waals surface area contributed by atoms with E-state index in [4.69, 9.17) is 16.4 Å². The average Bonchev–Trinajstić information content (AvgIpc) is 2.49. The van der Waals surface area contributed by atoms with Crippen LogP contribution in [0.25, 0.3) is 0 Å². The van der Waals surface area contributed by atoms with Crippen molar-refractivity contribution in [3.05, 3.63) is 12.4 Å². The molecule has 0 aliphatic heterocycles. The fourth-order valence-corrected chi connectivity index (χ4v) is 1.43. The molecule has 8 heteroatoms. The van der Waals surface area contributed by atoms with E-state index in [2.05, 4.69) is 5.10 Å². The van der Waals surface area contributed by atoms with Crippen LogP contribution in [0.5, 0.6) is 0 Å². The minimum Gasteiger partial charge on any atom is -0.368 e. The summed E-state index contributed by atoms with van der Waals surface area (Å²) in [5, 5.41) is 3.66. The van der Waals surface area contributed by atoms with E-state index < -0.39 is 21.0 Å². The highest BCUT2D eigenvalue weighted by molar-refractivity contribution is 8.13. The number of halogens is 1. The van der Waals surface area contributed by atoms with Gasteiger partial charge in [0.25, 0.3) is 9.05 Å². The van der Waals surface area contributed by atoms with Crippen molar-refractivity contribution in [3.63, 3.8) is 0 Å². The SMILES string of the molecule is CC(C(N)=O)n1cc(S(=O)(=O)Cl)cn1. The number of nitrogens with two attached hydrogens (primary N) is 1. The molecule has 2 N–H and O–H groups in total. The molecule has 1 aromatic rings. The standard InChI is InChI=1S/C6H8ClN3O3S/c1-4(6(8)11)10-3-5(2-9-10)14(7,12)13/h2-4H,1H3,(H2,8,11). The maximum atomic E-state index is 10.8. The first-order valence-corrected chi connectivity index (χ1v) is 5.91. The Hall–Kier alpha value is -1.08. The first kappa shape index (κ1) is 11.0. The first-order valence-electron chi connectivity index (χ1n) is 3.60. The Morgan fingerprint density at radius 1 is 1.71 bits per heavy atom. The maximum absolute atomic E-state index is 10.8. The number of carbonyl (C=O) groups excluding carboxylic acids is 1. The molecule has 1 heterocycles. The van der Waals surface area contributed by atoms with Crippen molar-refractivity contribution in [1.82, 2.24) is 9.78 Å². The second-order valence-corrected chi connectivity index (χ2v) is 5.24. The molecule has 78 valence electrons. The summed E-state index contributed by atoms with van der Waals surface area (Å²) in [6, 6.07) is -0.706. The van der Waals surface area contributed by atoms with E-state index in [-0.39, 0.29) is 4.90 Å². The zero-order valence-electron chi connectivity index (χ0n) is 7.21. The number of amides is 1. The van der Waals surface area contributed by atoms with E-state index in [1.165, 1.54) is 6.92 Å². The van der Waals surface area contributed by atoms with Crippen molar-refractivity contribution in [2.45, 2.75) is 17.9 Å². The summed E-state index contributed by atoms with van der Waals surface area (Å²) in [6.07, 6.45) is 2.21. The highest BCUT2D eigenvalue weighted by Gasteiger charge is 2.17. The molecule has 0 aliphatic rings. The van der Waals surface area contributed by atoms with E-state index in [0.717, 1.165) is 17.1 Å². The molecule has 1 amide bonds. The van der Waals surface area contributed by atoms with E-state index >= 15 is 0 Å². The fourth-order valence-electron chi connectivity index (χ4n) is 0.789. The summed E-state index contributed by atoms with van der Waals surface area (Å²) < 4.78 is 22.8. The third kappa shape index (κ3) is 2.24. The molecule has 0 spiro atoms. The van der Waals surface area contributed by atoms with Gasteiger partial charge in [-0.2, -0.15) is 5.10 Å². The van der Waals surface area contributed by atoms with Gasteiger partial charge in [0, 0.05) is 16.9 Å². The molecule has 0 saturated heterocycles. The molecule has 0 fully saturated rings. The Bertz CT molecular complexity index is 453. The third-order valence-corrected chi connectivity index (χ3v) is 2.98. The van der Waals surface area contributed by atoms with Gasteiger partial charge in [0.1, 0.15) is 10.9 Å². The second-order valence-electron chi connectivity index (χ2n) is 2.67. The molecule has 1 atom stereocenters. The summed E-state index contributed by atoms with van der Waals surface area (Å²) >= 11 is 0. The zero-order valence-corrected chi connectivity index (χ0v) is 8.79. The van der Waals surface area contributed by atoms with Crippen molar-refractivity contribution in [2.24, 2.45) is 5.73 Å². The van der Waals surface area contributed by atoms with Gasteiger partial charge in [0.2, 0.25) is 5.91 Å². The summed E-state index contributed by atoms with van der Waals surface area (Å²) in [4.78, 5) is 10.6. The van der Waals surface area contributed by atoms with Gasteiger partial charge in [-0.1, -0.05) is 0 Å². The van der Waals surface area contributed by atoms with Crippen molar-refractivity contribution in [2.75, 3.05) is 0 Å². The van der Waals surface area contributed by atoms with Crippen LogP contribution in [-0.4, -0.2) is 24.1 Å². The smallest absolute Gasteiger partial charge is 0.264 e. The molecule has 14 heavy (non-hydrogen) atoms. The zero-order chi connectivity index (χ0) is 10.9. The Balaban J connectivity index is 3.06. The van der Waals surface area contributed by atoms with Crippen molar-refractivity contribution < 1.29 is 13.2 Å². The predicted octanol–water partition coefficient (Wildman–Crippen LogP) is -0.143. The van der Waals surface area contributed by atoms with Gasteiger partial charge in [0.05, 0.1) is 6.20 Å². The largest absolute Gasteiger partial charge is 0.368 e. The highest BCUT2D eigenvalue weighted by atomic mass is 35.7. The molecule has 0 aliphatic carbocycles. The van der Waals surface area contributed by atoms with Crippen LogP contribution in [0.1, 0.15) is 13.0 Å². The molecule has 0 bridgehead atoms. The van der Waals surface area contributed by atoms with Gasteiger partial charge < -0.3 is 5.73 Å². The number of hydrogen-bond acceptors (Lipinski definition) is 4. The molecule has 6 nitrogen and oxygen atoms in total. The summed E-state index contributed by atoms with van der Waals surface area (Å²) in [5.74, 6) is -0.605. The van der Waals surface area contributed by atoms with Crippen LogP contribution in [0.4, 0.5) is 0 Å². The molecule has 0 saturated carbocycles. The Morgan fingerprint density at radius 3 is 2.64 bits per heavy atom. The van der Waals surface area contributed by atoms with Gasteiger partial charge in [-0.05, 0) is 6.92 Å². The predicted molar refractivity (Wildman–Crippen MR) is 49.2 cm³/mol. The maximum Gasteiger partial charge on any atom is 0.264 e. The minimum absolute atomic E-state index is 0.160. The van der Waals surface area contributed by atoms with Gasteiger partial charge in [-0.3, -0.25) is 9.48 Å². The van der Waals surface area contributed by atoms with Crippen molar-refractivity contribution >= 4 is 25.6 Å². The Morgan fingerprint density at radius 2 is 2.29 bits per heavy atom. The van der Waals surface area contributed by atoms with Gasteiger partial charge in [-0.15, -0.1) is 0 Å². The lowest BCUT2D eigenvalue weighted by atomic mass is 10.3. The molecule has 0 radical (unpaired) electrons. The number of nitrogens with zero attached hydrogens (tertiary/aromatic N) is 2. The molecule has 1 aromatic heterocycles. The van der Waals surface area contributed by atoms with Crippen molar-refractivity contribution in [3.8, 4) is 0 Å². The van der Waals surface area contributed by atoms with Crippen LogP contribution >= 0.6 is 10.7 Å². The summed E-state index contributed by atoms with van der Waals surface area (Å²) in [7, 11) is 1.25. The number of carbonyl (C=O) groups is 1. The fraction of sp³-hybridized carbons (Fsp3) is 0.333. The number of rotatable bonds is 3. The number of hydrogen-bond donors (Lipinski definition) is 1. The normalized spacial score (nSPS) is 13.9. The van der Waals surface area contributed by atoms with Crippen LogP contribution in [-0.2, 0) is 13.8 Å². The van der Waals surface area contributed by atoms with Crippen LogP contribution in [0.15, 0.2) is 17.3 Å². The van der Waals surface area contributed by atoms with Gasteiger partial charge in [-0.25, -0.2) is 8.42 Å². The van der Waals surface area contributed by atoms with Crippen molar-refractivity contribution in [1.29, 1.82) is 0 Å². The first-order chi connectivity index (χ1) is 6.32. The molecular weight excluding hydrogens is 230 g/mol. The monoisotopic (exact) mass is 237 g/mol. The van der Waals surface area contributed by atoms with Crippen LogP contribution in [0.3, 0.4) is 0 Å². The summed E-state index contributed by atoms with van der Waals surface area (Å²) in [6.45, 7) is 1.50. The molecule has 1 rings (SSSR count). The lowest BCUT2D eigenvalue weighted by Gasteiger charge is -2.05. The second kappa shape index (κ2) is 3.58. The van der Waals surface area contributed by atoms with E-state index in [0.29, 0.717) is 0 Å². The molecule has 1 unspecified atom stereocenters. The number of primary amides is 1. The van der Waals surface area contributed by atoms with Gasteiger partial charge in [0.15, 0.2) is 0 Å². The number of aromatic nitrogens is 2. The van der Waals surface area contributed by atoms with Crippen LogP contribution in [0.2, 0.25) is 0 Å². The highest BCUT2D eigenvalue weighted by Crippen LogP contribution is 2.15. The molecular formula is C6H8ClN3O3S. The quantitative estimate of drug-likeness (QED) is 0.740. The Labute approximate surface area is 85.1 Å². The average molecular weight is 238 g/mol. The van der Waals surface area contributed by atoms with Crippen LogP contribution < -0.4 is 5.73 Å². The van der Waals surface area contributed by atoms with E-state index in [1.807, 2.05) is 0 Å². The third-order valence-electron chi connectivity index (χ3n) is 1.67. The summed E-state index contributed by atoms with van der Waals surface area (Å²) in [5.41, 5.74) is 5.00. The van der Waals surface area contributed by atoms with Gasteiger partial charge >= 0.3 is 0 Å². The molecule has 0 aromatic carbocycles. The lowest BCUT2D eigenvalue weighted by Crippen LogP contribution is -2.24. The minimum atomic E-state index is -3.80. The lowest BCUT2D eigenvalue weighted by molar-refractivity contribution is -0.120. The van der Waals surface area contributed by atoms with E-state index in [1.54, 1.807) is 0 Å². The topological polar surface area (TPSA) is 95.0 Å².